The number of hydrogen-bond donors (Lipinski definition) is 2. The molecule has 1 heterocycles. The Bertz CT molecular complexity index is 320. The quantitative estimate of drug-likeness (QED) is 0.768. The van der Waals surface area contributed by atoms with Crippen molar-refractivity contribution in [2.45, 2.75) is 32.7 Å². The smallest absolute Gasteiger partial charge is 0.225 e. The van der Waals surface area contributed by atoms with Gasteiger partial charge in [-0.2, -0.15) is 5.10 Å². The van der Waals surface area contributed by atoms with Gasteiger partial charge in [0, 0.05) is 25.1 Å². The summed E-state index contributed by atoms with van der Waals surface area (Å²) in [6.45, 7) is 4.03. The van der Waals surface area contributed by atoms with E-state index in [4.69, 9.17) is 5.11 Å². The molecule has 5 nitrogen and oxygen atoms in total. The number of carbonyl (C=O) groups is 1. The first-order valence-corrected chi connectivity index (χ1v) is 5.09. The van der Waals surface area contributed by atoms with E-state index < -0.39 is 0 Å². The SMILES string of the molecule is CC(C)n1nccc1NC(=O)CCCO. The molecule has 0 aliphatic heterocycles. The van der Waals surface area contributed by atoms with E-state index in [1.165, 1.54) is 0 Å². The molecule has 84 valence electrons. The van der Waals surface area contributed by atoms with E-state index in [1.54, 1.807) is 16.9 Å². The van der Waals surface area contributed by atoms with Gasteiger partial charge in [0.2, 0.25) is 5.91 Å². The van der Waals surface area contributed by atoms with Gasteiger partial charge in [0.15, 0.2) is 0 Å². The largest absolute Gasteiger partial charge is 0.396 e. The fraction of sp³-hybridized carbons (Fsp3) is 0.600. The number of aliphatic hydroxyl groups is 1. The summed E-state index contributed by atoms with van der Waals surface area (Å²) in [5.41, 5.74) is 0. The molecule has 1 aromatic heterocycles. The molecule has 0 saturated carbocycles. The van der Waals surface area contributed by atoms with Crippen molar-refractivity contribution in [2.75, 3.05) is 11.9 Å². The van der Waals surface area contributed by atoms with Crippen LogP contribution in [0, 0.1) is 0 Å². The molecule has 0 radical (unpaired) electrons. The van der Waals surface area contributed by atoms with E-state index in [9.17, 15) is 4.79 Å². The van der Waals surface area contributed by atoms with Crippen LogP contribution in [-0.2, 0) is 4.79 Å². The minimum Gasteiger partial charge on any atom is -0.396 e. The summed E-state index contributed by atoms with van der Waals surface area (Å²) in [7, 11) is 0. The van der Waals surface area contributed by atoms with Crippen LogP contribution in [0.1, 0.15) is 32.7 Å². The molecule has 1 aromatic rings. The Morgan fingerprint density at radius 3 is 3.00 bits per heavy atom. The Morgan fingerprint density at radius 2 is 2.40 bits per heavy atom. The van der Waals surface area contributed by atoms with Crippen molar-refractivity contribution < 1.29 is 9.90 Å². The van der Waals surface area contributed by atoms with Crippen LogP contribution < -0.4 is 5.32 Å². The minimum atomic E-state index is -0.0912. The highest BCUT2D eigenvalue weighted by Crippen LogP contribution is 2.13. The molecule has 0 saturated heterocycles. The fourth-order valence-corrected chi connectivity index (χ4v) is 1.27. The van der Waals surface area contributed by atoms with Crippen LogP contribution in [0.5, 0.6) is 0 Å². The fourth-order valence-electron chi connectivity index (χ4n) is 1.27. The van der Waals surface area contributed by atoms with Crippen LogP contribution in [-0.4, -0.2) is 27.4 Å². The number of hydrogen-bond acceptors (Lipinski definition) is 3. The van der Waals surface area contributed by atoms with Crippen molar-refractivity contribution in [3.05, 3.63) is 12.3 Å². The average Bonchev–Trinajstić information content (AvgIpc) is 2.62. The Labute approximate surface area is 89.1 Å². The van der Waals surface area contributed by atoms with Crippen LogP contribution in [0.25, 0.3) is 0 Å². The van der Waals surface area contributed by atoms with Crippen molar-refractivity contribution in [3.63, 3.8) is 0 Å². The molecule has 0 unspecified atom stereocenters. The predicted octanol–water partition coefficient (Wildman–Crippen LogP) is 1.17. The Kier molecular flexibility index (Phi) is 4.30. The summed E-state index contributed by atoms with van der Waals surface area (Å²) in [5.74, 6) is 0.611. The van der Waals surface area contributed by atoms with Crippen LogP contribution >= 0.6 is 0 Å². The highest BCUT2D eigenvalue weighted by atomic mass is 16.3. The second-order valence-electron chi connectivity index (χ2n) is 3.63. The van der Waals surface area contributed by atoms with Crippen LogP contribution in [0.2, 0.25) is 0 Å². The maximum absolute atomic E-state index is 11.4. The molecule has 2 N–H and O–H groups in total. The van der Waals surface area contributed by atoms with Gasteiger partial charge in [0.25, 0.3) is 0 Å². The molecule has 0 aliphatic rings. The third kappa shape index (κ3) is 3.36. The van der Waals surface area contributed by atoms with E-state index >= 15 is 0 Å². The predicted molar refractivity (Wildman–Crippen MR) is 57.6 cm³/mol. The van der Waals surface area contributed by atoms with Crippen molar-refractivity contribution in [1.82, 2.24) is 9.78 Å². The highest BCUT2D eigenvalue weighted by molar-refractivity contribution is 5.89. The summed E-state index contributed by atoms with van der Waals surface area (Å²) < 4.78 is 1.75. The second-order valence-corrected chi connectivity index (χ2v) is 3.63. The third-order valence-electron chi connectivity index (χ3n) is 1.99. The number of carbonyl (C=O) groups excluding carboxylic acids is 1. The molecule has 0 bridgehead atoms. The third-order valence-corrected chi connectivity index (χ3v) is 1.99. The van der Waals surface area contributed by atoms with Gasteiger partial charge >= 0.3 is 0 Å². The first-order valence-electron chi connectivity index (χ1n) is 5.09. The molecule has 0 aromatic carbocycles. The van der Waals surface area contributed by atoms with E-state index in [0.29, 0.717) is 18.7 Å². The van der Waals surface area contributed by atoms with E-state index in [2.05, 4.69) is 10.4 Å². The highest BCUT2D eigenvalue weighted by Gasteiger charge is 2.08. The molecular formula is C10H17N3O2. The van der Waals surface area contributed by atoms with Crippen LogP contribution in [0.4, 0.5) is 5.82 Å². The lowest BCUT2D eigenvalue weighted by Gasteiger charge is -2.11. The summed E-state index contributed by atoms with van der Waals surface area (Å²) in [6, 6.07) is 1.98. The van der Waals surface area contributed by atoms with Crippen molar-refractivity contribution in [1.29, 1.82) is 0 Å². The summed E-state index contributed by atoms with van der Waals surface area (Å²) in [5, 5.41) is 15.4. The van der Waals surface area contributed by atoms with Crippen LogP contribution in [0.15, 0.2) is 12.3 Å². The maximum Gasteiger partial charge on any atom is 0.225 e. The normalized spacial score (nSPS) is 10.7. The monoisotopic (exact) mass is 211 g/mol. The van der Waals surface area contributed by atoms with Gasteiger partial charge in [-0.15, -0.1) is 0 Å². The first kappa shape index (κ1) is 11.7. The lowest BCUT2D eigenvalue weighted by atomic mass is 10.3. The van der Waals surface area contributed by atoms with Gasteiger partial charge in [0.1, 0.15) is 5.82 Å². The standard InChI is InChI=1S/C10H17N3O2/c1-8(2)13-9(5-6-11-13)12-10(15)4-3-7-14/h5-6,8,14H,3-4,7H2,1-2H3,(H,12,15). The Hall–Kier alpha value is -1.36. The van der Waals surface area contributed by atoms with E-state index in [-0.39, 0.29) is 18.6 Å². The van der Waals surface area contributed by atoms with Gasteiger partial charge < -0.3 is 10.4 Å². The van der Waals surface area contributed by atoms with Crippen molar-refractivity contribution in [3.8, 4) is 0 Å². The van der Waals surface area contributed by atoms with E-state index in [1.807, 2.05) is 13.8 Å². The topological polar surface area (TPSA) is 67.2 Å². The van der Waals surface area contributed by atoms with Gasteiger partial charge in [-0.1, -0.05) is 0 Å². The number of rotatable bonds is 5. The van der Waals surface area contributed by atoms with Gasteiger partial charge in [-0.25, -0.2) is 4.68 Å². The second kappa shape index (κ2) is 5.50. The molecule has 0 atom stereocenters. The molecule has 0 spiro atoms. The number of amides is 1. The number of nitrogens with one attached hydrogen (secondary N) is 1. The summed E-state index contributed by atoms with van der Waals surface area (Å²) in [6.07, 6.45) is 2.48. The molecule has 15 heavy (non-hydrogen) atoms. The average molecular weight is 211 g/mol. The molecule has 1 rings (SSSR count). The van der Waals surface area contributed by atoms with E-state index in [0.717, 1.165) is 0 Å². The zero-order valence-corrected chi connectivity index (χ0v) is 9.10. The van der Waals surface area contributed by atoms with Crippen LogP contribution in [0.3, 0.4) is 0 Å². The molecule has 5 heteroatoms. The van der Waals surface area contributed by atoms with Crippen molar-refractivity contribution in [2.24, 2.45) is 0 Å². The number of nitrogens with zero attached hydrogens (tertiary/aromatic N) is 2. The van der Waals surface area contributed by atoms with Crippen molar-refractivity contribution >= 4 is 11.7 Å². The molecule has 1 amide bonds. The molecular weight excluding hydrogens is 194 g/mol. The molecule has 0 aliphatic carbocycles. The lowest BCUT2D eigenvalue weighted by molar-refractivity contribution is -0.116. The molecule has 0 fully saturated rings. The zero-order valence-electron chi connectivity index (χ0n) is 9.10. The summed E-state index contributed by atoms with van der Waals surface area (Å²) >= 11 is 0. The first-order chi connectivity index (χ1) is 7.15. The Morgan fingerprint density at radius 1 is 1.67 bits per heavy atom. The zero-order chi connectivity index (χ0) is 11.3. The number of anilines is 1. The number of aromatic nitrogens is 2. The van der Waals surface area contributed by atoms with Gasteiger partial charge in [-0.05, 0) is 20.3 Å². The van der Waals surface area contributed by atoms with Gasteiger partial charge in [-0.3, -0.25) is 4.79 Å². The van der Waals surface area contributed by atoms with Gasteiger partial charge in [0.05, 0.1) is 6.20 Å². The minimum absolute atomic E-state index is 0.0386. The number of aliphatic hydroxyl groups excluding tert-OH is 1. The Balaban J connectivity index is 2.56. The maximum atomic E-state index is 11.4. The summed E-state index contributed by atoms with van der Waals surface area (Å²) in [4.78, 5) is 11.4. The lowest BCUT2D eigenvalue weighted by Crippen LogP contribution is -2.16.